The molecule has 0 aliphatic carbocycles. The molecule has 68 valence electrons. The molecule has 0 fully saturated rings. The Morgan fingerprint density at radius 2 is 2.23 bits per heavy atom. The zero-order valence-electron chi connectivity index (χ0n) is 7.45. The van der Waals surface area contributed by atoms with Gasteiger partial charge in [0.25, 0.3) is 0 Å². The molecule has 0 unspecified atom stereocenters. The lowest BCUT2D eigenvalue weighted by Crippen LogP contribution is -2.28. The van der Waals surface area contributed by atoms with Crippen molar-refractivity contribution in [2.45, 2.75) is 6.42 Å². The predicted molar refractivity (Wildman–Crippen MR) is 50.3 cm³/mol. The molecular formula is C10H11NO2. The topological polar surface area (TPSA) is 40.5 Å². The maximum absolute atomic E-state index is 11.5. The number of fused-ring (bicyclic) bond motifs is 1. The summed E-state index contributed by atoms with van der Waals surface area (Å²) in [5.74, 6) is 0.125. The fourth-order valence-corrected chi connectivity index (χ4v) is 1.65. The van der Waals surface area contributed by atoms with Crippen molar-refractivity contribution >= 4 is 11.5 Å². The first-order chi connectivity index (χ1) is 6.20. The van der Waals surface area contributed by atoms with Crippen LogP contribution in [0, 0.1) is 0 Å². The summed E-state index contributed by atoms with van der Waals surface area (Å²) in [4.78, 5) is 13.4. The van der Waals surface area contributed by atoms with Crippen LogP contribution in [0.1, 0.15) is 16.8 Å². The number of rotatable bonds is 0. The first-order valence-corrected chi connectivity index (χ1v) is 4.26. The van der Waals surface area contributed by atoms with Gasteiger partial charge in [0, 0.05) is 20.0 Å². The van der Waals surface area contributed by atoms with Crippen LogP contribution in [-0.2, 0) is 0 Å². The minimum Gasteiger partial charge on any atom is -0.507 e. The van der Waals surface area contributed by atoms with Crippen molar-refractivity contribution in [1.82, 2.24) is 0 Å². The Morgan fingerprint density at radius 1 is 1.46 bits per heavy atom. The average molecular weight is 177 g/mol. The molecule has 0 aromatic heterocycles. The third kappa shape index (κ3) is 1.16. The Balaban J connectivity index is 2.63. The zero-order chi connectivity index (χ0) is 9.42. The van der Waals surface area contributed by atoms with Crippen LogP contribution >= 0.6 is 0 Å². The van der Waals surface area contributed by atoms with Crippen LogP contribution in [0.3, 0.4) is 0 Å². The lowest BCUT2D eigenvalue weighted by molar-refractivity contribution is 0.0978. The first kappa shape index (κ1) is 8.10. The summed E-state index contributed by atoms with van der Waals surface area (Å²) in [5, 5.41) is 9.50. The molecule has 1 aromatic carbocycles. The first-order valence-electron chi connectivity index (χ1n) is 4.26. The number of anilines is 1. The number of nitrogens with zero attached hydrogens (tertiary/aromatic N) is 1. The van der Waals surface area contributed by atoms with Gasteiger partial charge in [-0.05, 0) is 12.1 Å². The van der Waals surface area contributed by atoms with Gasteiger partial charge in [0.15, 0.2) is 5.78 Å². The number of benzene rings is 1. The van der Waals surface area contributed by atoms with Crippen LogP contribution < -0.4 is 4.90 Å². The van der Waals surface area contributed by atoms with Crippen molar-refractivity contribution in [3.8, 4) is 5.75 Å². The summed E-state index contributed by atoms with van der Waals surface area (Å²) in [7, 11) is 1.92. The number of hydrogen-bond acceptors (Lipinski definition) is 3. The molecule has 1 aliphatic heterocycles. The third-order valence-electron chi connectivity index (χ3n) is 2.38. The monoisotopic (exact) mass is 177 g/mol. The van der Waals surface area contributed by atoms with Crippen LogP contribution in [0.5, 0.6) is 5.75 Å². The largest absolute Gasteiger partial charge is 0.507 e. The molecule has 13 heavy (non-hydrogen) atoms. The van der Waals surface area contributed by atoms with Crippen LogP contribution in [0.4, 0.5) is 5.69 Å². The van der Waals surface area contributed by atoms with Crippen LogP contribution in [-0.4, -0.2) is 24.5 Å². The standard InChI is InChI=1S/C10H11NO2/c1-11-6-5-9(13)10-7(11)3-2-4-8(10)12/h2-4,12H,5-6H2,1H3. The van der Waals surface area contributed by atoms with Gasteiger partial charge < -0.3 is 10.0 Å². The normalized spacial score (nSPS) is 15.8. The summed E-state index contributed by atoms with van der Waals surface area (Å²) in [5.41, 5.74) is 1.30. The molecule has 0 saturated heterocycles. The van der Waals surface area contributed by atoms with E-state index in [1.807, 2.05) is 18.0 Å². The Hall–Kier alpha value is -1.51. The van der Waals surface area contributed by atoms with E-state index in [0.717, 1.165) is 12.2 Å². The Morgan fingerprint density at radius 3 is 2.92 bits per heavy atom. The molecule has 1 heterocycles. The number of phenols is 1. The highest BCUT2D eigenvalue weighted by Crippen LogP contribution is 2.32. The van der Waals surface area contributed by atoms with E-state index in [9.17, 15) is 9.90 Å². The van der Waals surface area contributed by atoms with Crippen LogP contribution in [0.15, 0.2) is 18.2 Å². The van der Waals surface area contributed by atoms with Gasteiger partial charge in [0.05, 0.1) is 11.3 Å². The molecule has 1 aromatic rings. The van der Waals surface area contributed by atoms with Crippen LogP contribution in [0.2, 0.25) is 0 Å². The number of hydrogen-bond donors (Lipinski definition) is 1. The number of ketones is 1. The highest BCUT2D eigenvalue weighted by Gasteiger charge is 2.23. The van der Waals surface area contributed by atoms with Gasteiger partial charge in [-0.1, -0.05) is 6.07 Å². The molecule has 1 aliphatic rings. The van der Waals surface area contributed by atoms with Gasteiger partial charge in [-0.25, -0.2) is 0 Å². The van der Waals surface area contributed by atoms with Crippen molar-refractivity contribution in [2.24, 2.45) is 0 Å². The van der Waals surface area contributed by atoms with Gasteiger partial charge in [-0.3, -0.25) is 4.79 Å². The Labute approximate surface area is 76.6 Å². The fraction of sp³-hybridized carbons (Fsp3) is 0.300. The minimum absolute atomic E-state index is 0.0335. The molecule has 3 heteroatoms. The van der Waals surface area contributed by atoms with E-state index in [-0.39, 0.29) is 11.5 Å². The van der Waals surface area contributed by atoms with Gasteiger partial charge in [-0.2, -0.15) is 0 Å². The lowest BCUT2D eigenvalue weighted by atomic mass is 10.00. The van der Waals surface area contributed by atoms with Crippen molar-refractivity contribution in [3.05, 3.63) is 23.8 Å². The molecule has 3 nitrogen and oxygen atoms in total. The molecular weight excluding hydrogens is 166 g/mol. The molecule has 0 spiro atoms. The second-order valence-corrected chi connectivity index (χ2v) is 3.27. The van der Waals surface area contributed by atoms with Crippen molar-refractivity contribution < 1.29 is 9.90 Å². The summed E-state index contributed by atoms with van der Waals surface area (Å²) in [6.07, 6.45) is 0.487. The van der Waals surface area contributed by atoms with E-state index in [0.29, 0.717) is 12.0 Å². The summed E-state index contributed by atoms with van der Waals surface area (Å²) >= 11 is 0. The predicted octanol–water partition coefficient (Wildman–Crippen LogP) is 1.41. The Bertz CT molecular complexity index is 360. The number of Topliss-reactive ketones (excluding diaryl/α,β-unsaturated/α-hetero) is 1. The van der Waals surface area contributed by atoms with E-state index in [1.165, 1.54) is 0 Å². The molecule has 0 atom stereocenters. The molecule has 0 saturated carbocycles. The van der Waals surface area contributed by atoms with Crippen molar-refractivity contribution in [2.75, 3.05) is 18.5 Å². The number of carbonyl (C=O) groups excluding carboxylic acids is 1. The highest BCUT2D eigenvalue weighted by molar-refractivity contribution is 6.05. The summed E-state index contributed by atoms with van der Waals surface area (Å²) < 4.78 is 0. The van der Waals surface area contributed by atoms with Crippen molar-refractivity contribution in [3.63, 3.8) is 0 Å². The smallest absolute Gasteiger partial charge is 0.170 e. The van der Waals surface area contributed by atoms with Gasteiger partial charge in [-0.15, -0.1) is 0 Å². The zero-order valence-corrected chi connectivity index (χ0v) is 7.45. The third-order valence-corrected chi connectivity index (χ3v) is 2.38. The lowest BCUT2D eigenvalue weighted by Gasteiger charge is -2.26. The maximum Gasteiger partial charge on any atom is 0.170 e. The number of aromatic hydroxyl groups is 1. The molecule has 1 N–H and O–H groups in total. The van der Waals surface area contributed by atoms with E-state index < -0.39 is 0 Å². The van der Waals surface area contributed by atoms with Crippen LogP contribution in [0.25, 0.3) is 0 Å². The number of phenolic OH excluding ortho intramolecular Hbond substituents is 1. The fourth-order valence-electron chi connectivity index (χ4n) is 1.65. The van der Waals surface area contributed by atoms with E-state index in [1.54, 1.807) is 12.1 Å². The quantitative estimate of drug-likeness (QED) is 0.651. The number of carbonyl (C=O) groups is 1. The average Bonchev–Trinajstić information content (AvgIpc) is 2.12. The summed E-state index contributed by atoms with van der Waals surface area (Å²) in [6.45, 7) is 0.731. The second kappa shape index (κ2) is 2.76. The molecule has 0 amide bonds. The SMILES string of the molecule is CN1CCC(=O)c2c(O)cccc21. The molecule has 0 bridgehead atoms. The second-order valence-electron chi connectivity index (χ2n) is 3.27. The summed E-state index contributed by atoms with van der Waals surface area (Å²) in [6, 6.07) is 5.16. The minimum atomic E-state index is 0.0335. The molecule has 0 radical (unpaired) electrons. The van der Waals surface area contributed by atoms with Crippen molar-refractivity contribution in [1.29, 1.82) is 0 Å². The molecule has 2 rings (SSSR count). The van der Waals surface area contributed by atoms with E-state index in [2.05, 4.69) is 0 Å². The van der Waals surface area contributed by atoms with Gasteiger partial charge >= 0.3 is 0 Å². The maximum atomic E-state index is 11.5. The van der Waals surface area contributed by atoms with E-state index >= 15 is 0 Å². The van der Waals surface area contributed by atoms with Gasteiger partial charge in [0.1, 0.15) is 5.75 Å². The van der Waals surface area contributed by atoms with E-state index in [4.69, 9.17) is 0 Å². The highest BCUT2D eigenvalue weighted by atomic mass is 16.3. The van der Waals surface area contributed by atoms with Gasteiger partial charge in [0.2, 0.25) is 0 Å². The Kier molecular flexibility index (Phi) is 1.72.